The Hall–Kier alpha value is -3.02. The molecule has 0 aliphatic rings. The lowest BCUT2D eigenvalue weighted by atomic mass is 10.0. The topological polar surface area (TPSA) is 23.6 Å². The maximum absolute atomic E-state index is 13.2. The molecule has 190 valence electrons. The molecule has 0 aliphatic carbocycles. The highest BCUT2D eigenvalue weighted by Crippen LogP contribution is 2.27. The van der Waals surface area contributed by atoms with Gasteiger partial charge in [0.1, 0.15) is 0 Å². The number of rotatable bonds is 14. The summed E-state index contributed by atoms with van der Waals surface area (Å²) in [6, 6.07) is 18.4. The van der Waals surface area contributed by atoms with Crippen LogP contribution in [0.3, 0.4) is 0 Å². The lowest BCUT2D eigenvalue weighted by Gasteiger charge is -2.21. The van der Waals surface area contributed by atoms with Crippen LogP contribution in [0.2, 0.25) is 0 Å². The normalized spacial score (nSPS) is 12.5. The van der Waals surface area contributed by atoms with Gasteiger partial charge in [0.2, 0.25) is 0 Å². The van der Waals surface area contributed by atoms with Crippen molar-refractivity contribution in [1.82, 2.24) is 9.80 Å². The van der Waals surface area contributed by atoms with Crippen LogP contribution in [0, 0.1) is 0 Å². The predicted octanol–water partition coefficient (Wildman–Crippen LogP) is 7.42. The van der Waals surface area contributed by atoms with Gasteiger partial charge in [-0.3, -0.25) is 4.79 Å². The van der Waals surface area contributed by atoms with E-state index in [1.54, 1.807) is 23.1 Å². The highest BCUT2D eigenvalue weighted by Gasteiger charge is 2.41. The first kappa shape index (κ1) is 28.2. The van der Waals surface area contributed by atoms with E-state index in [2.05, 4.69) is 37.1 Å². The molecular formula is C29H37F3N2O. The molecule has 0 N–H and O–H groups in total. The maximum atomic E-state index is 13.2. The molecule has 0 bridgehead atoms. The number of halogens is 3. The van der Waals surface area contributed by atoms with E-state index in [0.717, 1.165) is 38.8 Å². The van der Waals surface area contributed by atoms with Crippen molar-refractivity contribution in [3.63, 3.8) is 0 Å². The van der Waals surface area contributed by atoms with Crippen molar-refractivity contribution >= 4 is 16.9 Å². The number of ketones is 1. The number of alkyl halides is 3. The van der Waals surface area contributed by atoms with Crippen LogP contribution >= 0.6 is 0 Å². The van der Waals surface area contributed by atoms with E-state index < -0.39 is 12.0 Å². The Balaban J connectivity index is 1.87. The molecule has 0 spiro atoms. The third-order valence-corrected chi connectivity index (χ3v) is 5.96. The first-order valence-corrected chi connectivity index (χ1v) is 12.4. The number of hydrogen-bond acceptors (Lipinski definition) is 3. The number of Topliss-reactive ketones (excluding diaryl/α,β-unsaturated/α-hetero) is 1. The summed E-state index contributed by atoms with van der Waals surface area (Å²) in [6.07, 6.45) is 2.62. The van der Waals surface area contributed by atoms with Crippen molar-refractivity contribution in [1.29, 1.82) is 0 Å². The highest BCUT2D eigenvalue weighted by molar-refractivity contribution is 6.23. The predicted molar refractivity (Wildman–Crippen MR) is 139 cm³/mol. The Morgan fingerprint density at radius 3 is 1.66 bits per heavy atom. The van der Waals surface area contributed by atoms with Crippen LogP contribution in [0.5, 0.6) is 0 Å². The summed E-state index contributed by atoms with van der Waals surface area (Å²) in [4.78, 5) is 16.2. The summed E-state index contributed by atoms with van der Waals surface area (Å²) < 4.78 is 39.6. The standard InChI is InChI=1S/C29H37F3N2O/c1-4-33(22-24(3)25-16-10-8-11-17-25)20-14-6-7-15-21-34(5-2)23-27(28(35)29(30,31)32)26-18-12-9-13-19-26/h8-13,16-19,22-23H,4-7,14-15,20-21H2,1-3H3/b24-22+,27-23-. The smallest absolute Gasteiger partial charge is 0.377 e. The number of carbonyl (C=O) groups excluding carboxylic acids is 1. The second-order valence-corrected chi connectivity index (χ2v) is 8.59. The van der Waals surface area contributed by atoms with Crippen LogP contribution in [-0.2, 0) is 4.79 Å². The minimum absolute atomic E-state index is 0.284. The fourth-order valence-electron chi connectivity index (χ4n) is 3.88. The van der Waals surface area contributed by atoms with Crippen LogP contribution in [0.25, 0.3) is 11.1 Å². The number of allylic oxidation sites excluding steroid dienone is 2. The summed E-state index contributed by atoms with van der Waals surface area (Å²) in [5.41, 5.74) is 2.43. The zero-order chi connectivity index (χ0) is 25.7. The van der Waals surface area contributed by atoms with Crippen molar-refractivity contribution in [2.24, 2.45) is 0 Å². The van der Waals surface area contributed by atoms with Crippen molar-refractivity contribution < 1.29 is 18.0 Å². The van der Waals surface area contributed by atoms with E-state index in [1.165, 1.54) is 29.5 Å². The zero-order valence-corrected chi connectivity index (χ0v) is 21.0. The van der Waals surface area contributed by atoms with Gasteiger partial charge in [-0.25, -0.2) is 0 Å². The molecule has 2 rings (SSSR count). The molecule has 2 aromatic carbocycles. The monoisotopic (exact) mass is 486 g/mol. The number of unbranched alkanes of at least 4 members (excludes halogenated alkanes) is 3. The molecule has 0 saturated heterocycles. The minimum atomic E-state index is -4.90. The molecule has 0 aliphatic heterocycles. The number of carbonyl (C=O) groups is 1. The van der Waals surface area contributed by atoms with Gasteiger partial charge in [-0.2, -0.15) is 13.2 Å². The van der Waals surface area contributed by atoms with E-state index in [1.807, 2.05) is 25.1 Å². The molecule has 0 unspecified atom stereocenters. The minimum Gasteiger partial charge on any atom is -0.377 e. The van der Waals surface area contributed by atoms with Gasteiger partial charge in [0.25, 0.3) is 5.78 Å². The summed E-state index contributed by atoms with van der Waals surface area (Å²) in [7, 11) is 0. The molecule has 0 fully saturated rings. The van der Waals surface area contributed by atoms with E-state index in [-0.39, 0.29) is 11.1 Å². The molecule has 0 aromatic heterocycles. The van der Waals surface area contributed by atoms with Gasteiger partial charge in [0, 0.05) is 38.6 Å². The summed E-state index contributed by atoms with van der Waals surface area (Å²) >= 11 is 0. The quantitative estimate of drug-likeness (QED) is 0.205. The molecular weight excluding hydrogens is 449 g/mol. The van der Waals surface area contributed by atoms with Crippen molar-refractivity contribution in [2.75, 3.05) is 26.2 Å². The number of benzene rings is 2. The van der Waals surface area contributed by atoms with Gasteiger partial charge in [-0.1, -0.05) is 73.5 Å². The van der Waals surface area contributed by atoms with E-state index >= 15 is 0 Å². The van der Waals surface area contributed by atoms with Gasteiger partial charge in [0.05, 0.1) is 5.57 Å². The SMILES string of the molecule is CCN(/C=C(\C(=O)C(F)(F)F)c1ccccc1)CCCCCCN(/C=C(\C)c1ccccc1)CC. The van der Waals surface area contributed by atoms with Gasteiger partial charge in [-0.15, -0.1) is 0 Å². The van der Waals surface area contributed by atoms with Crippen LogP contribution in [0.1, 0.15) is 57.6 Å². The Labute approximate surface area is 207 Å². The van der Waals surface area contributed by atoms with Crippen molar-refractivity contribution in [3.8, 4) is 0 Å². The molecule has 0 atom stereocenters. The molecule has 3 nitrogen and oxygen atoms in total. The average molecular weight is 487 g/mol. The Bertz CT molecular complexity index is 953. The number of hydrogen-bond donors (Lipinski definition) is 0. The van der Waals surface area contributed by atoms with Crippen LogP contribution < -0.4 is 0 Å². The molecule has 0 heterocycles. The van der Waals surface area contributed by atoms with Crippen LogP contribution in [0.15, 0.2) is 73.1 Å². The maximum Gasteiger partial charge on any atom is 0.454 e. The second kappa shape index (κ2) is 14.4. The zero-order valence-electron chi connectivity index (χ0n) is 21.0. The average Bonchev–Trinajstić information content (AvgIpc) is 2.87. The summed E-state index contributed by atoms with van der Waals surface area (Å²) in [5.74, 6) is -1.80. The molecule has 0 radical (unpaired) electrons. The summed E-state index contributed by atoms with van der Waals surface area (Å²) in [5, 5.41) is 0. The molecule has 0 saturated carbocycles. The van der Waals surface area contributed by atoms with Crippen LogP contribution in [0.4, 0.5) is 13.2 Å². The third-order valence-electron chi connectivity index (χ3n) is 5.96. The van der Waals surface area contributed by atoms with Crippen LogP contribution in [-0.4, -0.2) is 47.9 Å². The van der Waals surface area contributed by atoms with E-state index in [0.29, 0.717) is 13.1 Å². The molecule has 2 aromatic rings. The Morgan fingerprint density at radius 1 is 0.743 bits per heavy atom. The van der Waals surface area contributed by atoms with Crippen molar-refractivity contribution in [3.05, 3.63) is 84.2 Å². The van der Waals surface area contributed by atoms with Gasteiger partial charge in [0.15, 0.2) is 0 Å². The first-order chi connectivity index (χ1) is 16.8. The van der Waals surface area contributed by atoms with E-state index in [4.69, 9.17) is 0 Å². The number of nitrogens with zero attached hydrogens (tertiary/aromatic N) is 2. The van der Waals surface area contributed by atoms with Crippen molar-refractivity contribution in [2.45, 2.75) is 52.6 Å². The molecule has 0 amide bonds. The van der Waals surface area contributed by atoms with E-state index in [9.17, 15) is 18.0 Å². The Morgan fingerprint density at radius 2 is 1.20 bits per heavy atom. The largest absolute Gasteiger partial charge is 0.454 e. The van der Waals surface area contributed by atoms with Gasteiger partial charge in [-0.05, 0) is 50.3 Å². The summed E-state index contributed by atoms with van der Waals surface area (Å²) in [6.45, 7) is 9.21. The molecule has 35 heavy (non-hydrogen) atoms. The third kappa shape index (κ3) is 9.63. The van der Waals surface area contributed by atoms with Gasteiger partial charge < -0.3 is 9.80 Å². The first-order valence-electron chi connectivity index (χ1n) is 12.4. The lowest BCUT2D eigenvalue weighted by Crippen LogP contribution is -2.27. The fraction of sp³-hybridized carbons (Fsp3) is 0.414. The second-order valence-electron chi connectivity index (χ2n) is 8.59. The molecule has 6 heteroatoms. The lowest BCUT2D eigenvalue weighted by molar-refractivity contribution is -0.164. The fourth-order valence-corrected chi connectivity index (χ4v) is 3.88. The van der Waals surface area contributed by atoms with Gasteiger partial charge >= 0.3 is 6.18 Å². The Kier molecular flexibility index (Phi) is 11.6. The highest BCUT2D eigenvalue weighted by atomic mass is 19.4.